The van der Waals surface area contributed by atoms with E-state index in [2.05, 4.69) is 5.32 Å². The Kier molecular flexibility index (Phi) is 4.34. The molecule has 1 atom stereocenters. The Balaban J connectivity index is 1.94. The van der Waals surface area contributed by atoms with Gasteiger partial charge in [0.05, 0.1) is 12.1 Å². The van der Waals surface area contributed by atoms with Crippen LogP contribution >= 0.6 is 11.3 Å². The van der Waals surface area contributed by atoms with Gasteiger partial charge in [0, 0.05) is 23.5 Å². The number of carbonyl (C=O) groups excluding carboxylic acids is 1. The molecular weight excluding hydrogens is 276 g/mol. The van der Waals surface area contributed by atoms with Crippen LogP contribution in [0.4, 0.5) is 0 Å². The predicted molar refractivity (Wildman–Crippen MR) is 79.0 cm³/mol. The average Bonchev–Trinajstić information content (AvgIpc) is 3.19. The SMILES string of the molecule is Cc1sc(=O)n(CCC(=O)NC(C)(CO)C2CC2)c1C. The molecule has 0 aromatic carbocycles. The van der Waals surface area contributed by atoms with E-state index in [-0.39, 0.29) is 23.8 Å². The number of hydrogen-bond donors (Lipinski definition) is 2. The summed E-state index contributed by atoms with van der Waals surface area (Å²) < 4.78 is 1.65. The Hall–Kier alpha value is -1.14. The first-order valence-electron chi connectivity index (χ1n) is 6.96. The van der Waals surface area contributed by atoms with Crippen LogP contribution in [0.2, 0.25) is 0 Å². The number of aliphatic hydroxyl groups excluding tert-OH is 1. The second-order valence-electron chi connectivity index (χ2n) is 5.81. The zero-order valence-electron chi connectivity index (χ0n) is 12.2. The van der Waals surface area contributed by atoms with Crippen LogP contribution in [0.15, 0.2) is 4.79 Å². The standard InChI is InChI=1S/C14H22N2O3S/c1-9-10(2)20-13(19)16(9)7-6-12(18)15-14(3,8-17)11-4-5-11/h11,17H,4-8H2,1-3H3,(H,15,18). The molecule has 1 aromatic heterocycles. The molecule has 1 aromatic rings. The Morgan fingerprint density at radius 1 is 1.50 bits per heavy atom. The zero-order chi connectivity index (χ0) is 14.9. The lowest BCUT2D eigenvalue weighted by molar-refractivity contribution is -0.124. The van der Waals surface area contributed by atoms with Gasteiger partial charge in [-0.05, 0) is 39.5 Å². The van der Waals surface area contributed by atoms with Gasteiger partial charge in [-0.25, -0.2) is 0 Å². The van der Waals surface area contributed by atoms with Crippen molar-refractivity contribution in [3.63, 3.8) is 0 Å². The lowest BCUT2D eigenvalue weighted by atomic mass is 9.97. The van der Waals surface area contributed by atoms with Crippen molar-refractivity contribution in [2.24, 2.45) is 5.92 Å². The number of thiazole rings is 1. The highest BCUT2D eigenvalue weighted by Crippen LogP contribution is 2.39. The van der Waals surface area contributed by atoms with Gasteiger partial charge in [-0.2, -0.15) is 0 Å². The van der Waals surface area contributed by atoms with Crippen LogP contribution in [0.1, 0.15) is 36.8 Å². The van der Waals surface area contributed by atoms with Crippen molar-refractivity contribution in [2.75, 3.05) is 6.61 Å². The summed E-state index contributed by atoms with van der Waals surface area (Å²) in [5.74, 6) is 0.271. The molecule has 1 heterocycles. The van der Waals surface area contributed by atoms with Crippen LogP contribution in [0, 0.1) is 19.8 Å². The minimum Gasteiger partial charge on any atom is -0.394 e. The van der Waals surface area contributed by atoms with Crippen LogP contribution in [0.25, 0.3) is 0 Å². The number of rotatable bonds is 6. The molecule has 6 heteroatoms. The molecule has 0 saturated heterocycles. The second kappa shape index (κ2) is 5.69. The number of amides is 1. The first-order chi connectivity index (χ1) is 9.37. The molecule has 0 radical (unpaired) electrons. The first kappa shape index (κ1) is 15.3. The molecule has 1 amide bonds. The van der Waals surface area contributed by atoms with Crippen LogP contribution in [-0.4, -0.2) is 27.7 Å². The zero-order valence-corrected chi connectivity index (χ0v) is 13.0. The third-order valence-electron chi connectivity index (χ3n) is 4.17. The molecule has 0 aliphatic heterocycles. The molecule has 5 nitrogen and oxygen atoms in total. The Morgan fingerprint density at radius 3 is 2.60 bits per heavy atom. The molecule has 112 valence electrons. The molecule has 0 bridgehead atoms. The van der Waals surface area contributed by atoms with Crippen molar-refractivity contribution in [1.29, 1.82) is 0 Å². The van der Waals surface area contributed by atoms with Crippen molar-refractivity contribution in [3.8, 4) is 0 Å². The molecule has 0 spiro atoms. The van der Waals surface area contributed by atoms with Crippen molar-refractivity contribution in [1.82, 2.24) is 9.88 Å². The van der Waals surface area contributed by atoms with Crippen molar-refractivity contribution >= 4 is 17.2 Å². The van der Waals surface area contributed by atoms with Gasteiger partial charge in [0.2, 0.25) is 5.91 Å². The summed E-state index contributed by atoms with van der Waals surface area (Å²) >= 11 is 1.22. The Labute approximate surface area is 122 Å². The maximum Gasteiger partial charge on any atom is 0.307 e. The molecule has 2 rings (SSSR count). The average molecular weight is 298 g/mol. The highest BCUT2D eigenvalue weighted by atomic mass is 32.1. The summed E-state index contributed by atoms with van der Waals surface area (Å²) in [5, 5.41) is 12.4. The highest BCUT2D eigenvalue weighted by molar-refractivity contribution is 7.09. The van der Waals surface area contributed by atoms with E-state index in [1.54, 1.807) is 4.57 Å². The molecule has 1 fully saturated rings. The van der Waals surface area contributed by atoms with Gasteiger partial charge < -0.3 is 15.0 Å². The smallest absolute Gasteiger partial charge is 0.307 e. The quantitative estimate of drug-likeness (QED) is 0.829. The Morgan fingerprint density at radius 2 is 2.15 bits per heavy atom. The number of nitrogens with one attached hydrogen (secondary N) is 1. The Bertz CT molecular complexity index is 559. The van der Waals surface area contributed by atoms with E-state index in [1.165, 1.54) is 11.3 Å². The molecule has 1 saturated carbocycles. The van der Waals surface area contributed by atoms with E-state index in [0.717, 1.165) is 23.4 Å². The normalized spacial score (nSPS) is 17.8. The monoisotopic (exact) mass is 298 g/mol. The maximum atomic E-state index is 12.0. The van der Waals surface area contributed by atoms with Gasteiger partial charge in [0.1, 0.15) is 0 Å². The fourth-order valence-electron chi connectivity index (χ4n) is 2.43. The highest BCUT2D eigenvalue weighted by Gasteiger charge is 2.41. The lowest BCUT2D eigenvalue weighted by Crippen LogP contribution is -2.51. The van der Waals surface area contributed by atoms with Gasteiger partial charge in [-0.3, -0.25) is 9.59 Å². The fourth-order valence-corrected chi connectivity index (χ4v) is 3.29. The van der Waals surface area contributed by atoms with E-state index >= 15 is 0 Å². The lowest BCUT2D eigenvalue weighted by Gasteiger charge is -2.28. The fraction of sp³-hybridized carbons (Fsp3) is 0.714. The number of aryl methyl sites for hydroxylation is 1. The van der Waals surface area contributed by atoms with E-state index in [1.807, 2.05) is 20.8 Å². The topological polar surface area (TPSA) is 71.3 Å². The minimum absolute atomic E-state index is 0.0140. The summed E-state index contributed by atoms with van der Waals surface area (Å²) in [6.07, 6.45) is 2.37. The molecular formula is C14H22N2O3S. The summed E-state index contributed by atoms with van der Waals surface area (Å²) in [5.41, 5.74) is 0.418. The molecule has 1 aliphatic rings. The number of carbonyl (C=O) groups is 1. The number of aromatic nitrogens is 1. The summed E-state index contributed by atoms with van der Waals surface area (Å²) in [6, 6.07) is 0. The van der Waals surface area contributed by atoms with Gasteiger partial charge in [0.25, 0.3) is 0 Å². The number of hydrogen-bond acceptors (Lipinski definition) is 4. The van der Waals surface area contributed by atoms with Gasteiger partial charge in [0.15, 0.2) is 0 Å². The van der Waals surface area contributed by atoms with Crippen molar-refractivity contribution in [3.05, 3.63) is 20.2 Å². The van der Waals surface area contributed by atoms with Crippen LogP contribution < -0.4 is 10.2 Å². The minimum atomic E-state index is -0.512. The van der Waals surface area contributed by atoms with Crippen LogP contribution in [-0.2, 0) is 11.3 Å². The maximum absolute atomic E-state index is 12.0. The molecule has 1 unspecified atom stereocenters. The molecule has 2 N–H and O–H groups in total. The van der Waals surface area contributed by atoms with E-state index in [4.69, 9.17) is 0 Å². The molecule has 1 aliphatic carbocycles. The third kappa shape index (κ3) is 3.12. The number of nitrogens with zero attached hydrogens (tertiary/aromatic N) is 1. The van der Waals surface area contributed by atoms with Gasteiger partial charge in [-0.1, -0.05) is 11.3 Å². The van der Waals surface area contributed by atoms with E-state index in [0.29, 0.717) is 12.5 Å². The van der Waals surface area contributed by atoms with E-state index < -0.39 is 5.54 Å². The van der Waals surface area contributed by atoms with Crippen LogP contribution in [0.3, 0.4) is 0 Å². The largest absolute Gasteiger partial charge is 0.394 e. The molecule has 20 heavy (non-hydrogen) atoms. The van der Waals surface area contributed by atoms with Crippen molar-refractivity contribution < 1.29 is 9.90 Å². The third-order valence-corrected chi connectivity index (χ3v) is 5.17. The number of aliphatic hydroxyl groups is 1. The summed E-state index contributed by atoms with van der Waals surface area (Å²) in [7, 11) is 0. The second-order valence-corrected chi connectivity index (χ2v) is 6.97. The van der Waals surface area contributed by atoms with Gasteiger partial charge >= 0.3 is 4.87 Å². The van der Waals surface area contributed by atoms with Crippen molar-refractivity contribution in [2.45, 2.75) is 52.1 Å². The predicted octanol–water partition coefficient (Wildman–Crippen LogP) is 1.19. The summed E-state index contributed by atoms with van der Waals surface area (Å²) in [6.45, 7) is 6.04. The van der Waals surface area contributed by atoms with Crippen LogP contribution in [0.5, 0.6) is 0 Å². The van der Waals surface area contributed by atoms with Gasteiger partial charge in [-0.15, -0.1) is 0 Å². The first-order valence-corrected chi connectivity index (χ1v) is 7.77. The summed E-state index contributed by atoms with van der Waals surface area (Å²) in [4.78, 5) is 24.7. The van der Waals surface area contributed by atoms with E-state index in [9.17, 15) is 14.7 Å².